The van der Waals surface area contributed by atoms with Crippen molar-refractivity contribution in [3.8, 4) is 0 Å². The molecule has 1 rings (SSSR count). The van der Waals surface area contributed by atoms with E-state index in [1.54, 1.807) is 0 Å². The van der Waals surface area contributed by atoms with Gasteiger partial charge in [0.1, 0.15) is 0 Å². The number of hydrogen-bond donors (Lipinski definition) is 1. The Balaban J connectivity index is 2.99. The third kappa shape index (κ3) is 4.19. The summed E-state index contributed by atoms with van der Waals surface area (Å²) in [6.07, 6.45) is 2.02. The molecule has 0 spiro atoms. The molecule has 0 bridgehead atoms. The predicted octanol–water partition coefficient (Wildman–Crippen LogP) is -1.09. The first-order valence-electron chi connectivity index (χ1n) is 4.16. The molecule has 1 aliphatic rings. The van der Waals surface area contributed by atoms with Crippen LogP contribution >= 0.6 is 0 Å². The number of aliphatic imine (C=N–C) groups is 2. The maximum Gasteiger partial charge on any atom is 0.242 e. The molecule has 0 radical (unpaired) electrons. The second kappa shape index (κ2) is 4.06. The Morgan fingerprint density at radius 1 is 0.938 bits per heavy atom. The molecular weight excluding hydrogens is 254 g/mol. The van der Waals surface area contributed by atoms with Gasteiger partial charge in [-0.25, -0.2) is 26.8 Å². The molecule has 0 saturated heterocycles. The molecule has 0 unspecified atom stereocenters. The lowest BCUT2D eigenvalue weighted by molar-refractivity contribution is 0.603. The lowest BCUT2D eigenvalue weighted by Gasteiger charge is -2.01. The summed E-state index contributed by atoms with van der Waals surface area (Å²) in [6.45, 7) is 0. The Morgan fingerprint density at radius 3 is 1.50 bits per heavy atom. The average Bonchev–Trinajstić information content (AvgIpc) is 2.23. The standard InChI is InChI=1S/C7H11N3O4S2/c1-15(11,12)3-5-6(4-16(2,13)14)10-7(8)9-5/h8H,3-4H2,1-2H3. The second-order valence-corrected chi connectivity index (χ2v) is 7.86. The molecule has 1 N–H and O–H groups in total. The van der Waals surface area contributed by atoms with Crippen molar-refractivity contribution in [1.82, 2.24) is 0 Å². The van der Waals surface area contributed by atoms with Crippen molar-refractivity contribution in [3.63, 3.8) is 0 Å². The smallest absolute Gasteiger partial charge is 0.242 e. The van der Waals surface area contributed by atoms with E-state index in [2.05, 4.69) is 9.98 Å². The first kappa shape index (κ1) is 13.0. The van der Waals surface area contributed by atoms with Crippen LogP contribution in [0.2, 0.25) is 0 Å². The van der Waals surface area contributed by atoms with Gasteiger partial charge in [-0.15, -0.1) is 0 Å². The molecule has 7 nitrogen and oxygen atoms in total. The molecule has 0 aromatic rings. The van der Waals surface area contributed by atoms with E-state index in [1.165, 1.54) is 0 Å². The van der Waals surface area contributed by atoms with Crippen LogP contribution in [0.1, 0.15) is 0 Å². The van der Waals surface area contributed by atoms with E-state index < -0.39 is 31.2 Å². The zero-order chi connectivity index (χ0) is 12.6. The fraction of sp³-hybridized carbons (Fsp3) is 0.571. The minimum atomic E-state index is -3.32. The van der Waals surface area contributed by atoms with Crippen molar-refractivity contribution in [3.05, 3.63) is 0 Å². The van der Waals surface area contributed by atoms with Gasteiger partial charge in [-0.05, 0) is 0 Å². The van der Waals surface area contributed by atoms with Crippen LogP contribution in [0.15, 0.2) is 9.98 Å². The highest BCUT2D eigenvalue weighted by atomic mass is 32.2. The van der Waals surface area contributed by atoms with Crippen molar-refractivity contribution < 1.29 is 16.8 Å². The van der Waals surface area contributed by atoms with Gasteiger partial charge in [0, 0.05) is 12.5 Å². The third-order valence-electron chi connectivity index (χ3n) is 1.61. The van der Waals surface area contributed by atoms with E-state index in [0.717, 1.165) is 12.5 Å². The maximum absolute atomic E-state index is 11.0. The molecule has 0 aromatic heterocycles. The molecule has 9 heteroatoms. The molecule has 16 heavy (non-hydrogen) atoms. The maximum atomic E-state index is 11.0. The van der Waals surface area contributed by atoms with Gasteiger partial charge in [-0.1, -0.05) is 0 Å². The molecule has 0 amide bonds. The van der Waals surface area contributed by atoms with Gasteiger partial charge < -0.3 is 0 Å². The van der Waals surface area contributed by atoms with E-state index in [1.807, 2.05) is 0 Å². The Hall–Kier alpha value is -1.09. The van der Waals surface area contributed by atoms with Crippen LogP contribution in [0.5, 0.6) is 0 Å². The summed E-state index contributed by atoms with van der Waals surface area (Å²) in [6, 6.07) is 0. The monoisotopic (exact) mass is 265 g/mol. The predicted molar refractivity (Wildman–Crippen MR) is 62.0 cm³/mol. The highest BCUT2D eigenvalue weighted by molar-refractivity contribution is 7.92. The zero-order valence-electron chi connectivity index (χ0n) is 8.76. The summed E-state index contributed by atoms with van der Waals surface area (Å²) >= 11 is 0. The second-order valence-electron chi connectivity index (χ2n) is 3.58. The summed E-state index contributed by atoms with van der Waals surface area (Å²) in [5.41, 5.74) is 0.0795. The highest BCUT2D eigenvalue weighted by Gasteiger charge is 2.24. The van der Waals surface area contributed by atoms with Crippen LogP contribution in [-0.4, -0.2) is 58.2 Å². The number of rotatable bonds is 4. The van der Waals surface area contributed by atoms with Gasteiger partial charge in [0.15, 0.2) is 19.7 Å². The van der Waals surface area contributed by atoms with Crippen LogP contribution < -0.4 is 0 Å². The highest BCUT2D eigenvalue weighted by Crippen LogP contribution is 2.04. The number of nitrogens with one attached hydrogen (secondary N) is 1. The molecule has 0 aliphatic carbocycles. The van der Waals surface area contributed by atoms with Crippen LogP contribution in [0.3, 0.4) is 0 Å². The lowest BCUT2D eigenvalue weighted by atomic mass is 10.3. The number of guanidine groups is 1. The summed E-state index contributed by atoms with van der Waals surface area (Å²) in [4.78, 5) is 7.18. The first-order chi connectivity index (χ1) is 7.07. The molecule has 0 aromatic carbocycles. The van der Waals surface area contributed by atoms with E-state index in [-0.39, 0.29) is 17.4 Å². The van der Waals surface area contributed by atoms with Crippen LogP contribution in [-0.2, 0) is 19.7 Å². The van der Waals surface area contributed by atoms with Gasteiger partial charge in [0.05, 0.1) is 22.9 Å². The fourth-order valence-corrected chi connectivity index (χ4v) is 2.59. The Labute approximate surface area is 93.6 Å². The van der Waals surface area contributed by atoms with Crippen LogP contribution in [0.25, 0.3) is 0 Å². The van der Waals surface area contributed by atoms with Gasteiger partial charge in [-0.3, -0.25) is 5.41 Å². The SMILES string of the molecule is CS(=O)(=O)CC1=NC(=N)N=C1CS(C)(=O)=O. The summed E-state index contributed by atoms with van der Waals surface area (Å²) < 4.78 is 44.2. The quantitative estimate of drug-likeness (QED) is 0.694. The van der Waals surface area contributed by atoms with Crippen molar-refractivity contribution in [2.75, 3.05) is 24.0 Å². The molecule has 1 aliphatic heterocycles. The minimum Gasteiger partial charge on any atom is -0.265 e. The van der Waals surface area contributed by atoms with Gasteiger partial charge in [0.25, 0.3) is 0 Å². The normalized spacial score (nSPS) is 17.2. The van der Waals surface area contributed by atoms with Gasteiger partial charge in [-0.2, -0.15) is 0 Å². The molecule has 90 valence electrons. The Morgan fingerprint density at radius 2 is 1.25 bits per heavy atom. The van der Waals surface area contributed by atoms with Crippen molar-refractivity contribution in [2.24, 2.45) is 9.98 Å². The number of hydrogen-bond acceptors (Lipinski definition) is 5. The summed E-state index contributed by atoms with van der Waals surface area (Å²) in [5, 5.41) is 7.16. The van der Waals surface area contributed by atoms with E-state index in [9.17, 15) is 16.8 Å². The molecule has 0 saturated carbocycles. The molecular formula is C7H11N3O4S2. The van der Waals surface area contributed by atoms with Gasteiger partial charge in [0.2, 0.25) is 5.96 Å². The number of sulfone groups is 2. The Bertz CT molecular complexity index is 531. The molecule has 0 atom stereocenters. The topological polar surface area (TPSA) is 117 Å². The fourth-order valence-electron chi connectivity index (χ4n) is 1.14. The first-order valence-corrected chi connectivity index (χ1v) is 8.28. The van der Waals surface area contributed by atoms with Crippen molar-refractivity contribution in [2.45, 2.75) is 0 Å². The van der Waals surface area contributed by atoms with Crippen molar-refractivity contribution in [1.29, 1.82) is 5.41 Å². The van der Waals surface area contributed by atoms with Crippen LogP contribution in [0.4, 0.5) is 0 Å². The average molecular weight is 265 g/mol. The van der Waals surface area contributed by atoms with E-state index >= 15 is 0 Å². The molecule has 1 heterocycles. The minimum absolute atomic E-state index is 0.0397. The van der Waals surface area contributed by atoms with Crippen LogP contribution in [0, 0.1) is 5.41 Å². The largest absolute Gasteiger partial charge is 0.265 e. The zero-order valence-corrected chi connectivity index (χ0v) is 10.4. The van der Waals surface area contributed by atoms with E-state index in [4.69, 9.17) is 5.41 Å². The summed E-state index contributed by atoms with van der Waals surface area (Å²) in [5.74, 6) is -1.16. The molecule has 0 fully saturated rings. The third-order valence-corrected chi connectivity index (χ3v) is 3.21. The van der Waals surface area contributed by atoms with Crippen molar-refractivity contribution >= 4 is 37.1 Å². The summed E-state index contributed by atoms with van der Waals surface area (Å²) in [7, 11) is -6.65. The Kier molecular flexibility index (Phi) is 3.29. The lowest BCUT2D eigenvalue weighted by Crippen LogP contribution is -2.27. The van der Waals surface area contributed by atoms with E-state index in [0.29, 0.717) is 0 Å². The number of nitrogens with zero attached hydrogens (tertiary/aromatic N) is 2. The van der Waals surface area contributed by atoms with Gasteiger partial charge >= 0.3 is 0 Å².